The molecule has 5 nitrogen and oxygen atoms in total. The Morgan fingerprint density at radius 1 is 1.04 bits per heavy atom. The van der Waals surface area contributed by atoms with Crippen LogP contribution in [0.25, 0.3) is 5.69 Å². The highest BCUT2D eigenvalue weighted by atomic mass is 19.3. The van der Waals surface area contributed by atoms with Gasteiger partial charge in [-0.15, -0.1) is 0 Å². The van der Waals surface area contributed by atoms with Gasteiger partial charge in [0.15, 0.2) is 0 Å². The number of carbonyl (C=O) groups excluding carboxylic acids is 1. The molecule has 2 aromatic carbocycles. The van der Waals surface area contributed by atoms with Crippen LogP contribution >= 0.6 is 0 Å². The van der Waals surface area contributed by atoms with Gasteiger partial charge in [-0.2, -0.15) is 13.9 Å². The summed E-state index contributed by atoms with van der Waals surface area (Å²) in [6.45, 7) is -2.87. The zero-order valence-electron chi connectivity index (χ0n) is 13.5. The molecule has 0 fully saturated rings. The monoisotopic (exact) mass is 355 g/mol. The summed E-state index contributed by atoms with van der Waals surface area (Å²) in [6, 6.07) is 16.8. The molecule has 1 amide bonds. The zero-order chi connectivity index (χ0) is 18.4. The van der Waals surface area contributed by atoms with Crippen LogP contribution in [0.1, 0.15) is 15.9 Å². The Morgan fingerprint density at radius 2 is 1.73 bits per heavy atom. The van der Waals surface area contributed by atoms with Crippen molar-refractivity contribution in [1.82, 2.24) is 9.99 Å². The molecule has 0 atom stereocenters. The summed E-state index contributed by atoms with van der Waals surface area (Å²) in [7, 11) is 0. The highest BCUT2D eigenvalue weighted by Crippen LogP contribution is 2.15. The number of halogens is 2. The minimum atomic E-state index is -2.87. The fourth-order valence-electron chi connectivity index (χ4n) is 2.35. The Bertz CT molecular complexity index is 891. The molecular formula is C19H15F2N3O2. The first-order chi connectivity index (χ1) is 12.6. The second-order valence-corrected chi connectivity index (χ2v) is 5.25. The van der Waals surface area contributed by atoms with Gasteiger partial charge in [0.1, 0.15) is 5.75 Å². The lowest BCUT2D eigenvalue weighted by Crippen LogP contribution is -2.19. The number of amides is 1. The quantitative estimate of drug-likeness (QED) is 0.539. The zero-order valence-corrected chi connectivity index (χ0v) is 13.5. The molecule has 0 spiro atoms. The number of nitrogens with one attached hydrogen (secondary N) is 1. The van der Waals surface area contributed by atoms with Crippen LogP contribution in [0.15, 0.2) is 78.2 Å². The van der Waals surface area contributed by atoms with Crippen molar-refractivity contribution in [2.75, 3.05) is 0 Å². The molecule has 0 saturated heterocycles. The third-order valence-electron chi connectivity index (χ3n) is 3.52. The molecule has 0 unspecified atom stereocenters. The van der Waals surface area contributed by atoms with Crippen molar-refractivity contribution in [2.45, 2.75) is 6.61 Å². The summed E-state index contributed by atoms with van der Waals surface area (Å²) in [4.78, 5) is 12.4. The molecule has 1 N–H and O–H groups in total. The van der Waals surface area contributed by atoms with Crippen LogP contribution in [0.4, 0.5) is 8.78 Å². The lowest BCUT2D eigenvalue weighted by atomic mass is 10.1. The third kappa shape index (κ3) is 4.32. The Balaban J connectivity index is 1.67. The molecule has 0 aliphatic carbocycles. The van der Waals surface area contributed by atoms with E-state index < -0.39 is 6.61 Å². The lowest BCUT2D eigenvalue weighted by Gasteiger charge is -2.09. The molecule has 0 aliphatic rings. The van der Waals surface area contributed by atoms with Gasteiger partial charge >= 0.3 is 6.61 Å². The van der Waals surface area contributed by atoms with Crippen molar-refractivity contribution >= 4 is 12.1 Å². The van der Waals surface area contributed by atoms with Crippen LogP contribution in [-0.4, -0.2) is 23.3 Å². The molecule has 7 heteroatoms. The molecule has 26 heavy (non-hydrogen) atoms. The number of aromatic nitrogens is 1. The van der Waals surface area contributed by atoms with Crippen molar-refractivity contribution in [3.05, 3.63) is 84.2 Å². The molecule has 0 radical (unpaired) electrons. The third-order valence-corrected chi connectivity index (χ3v) is 3.52. The first-order valence-corrected chi connectivity index (χ1v) is 7.74. The maximum absolute atomic E-state index is 12.4. The Labute approximate surface area is 148 Å². The number of hydrazone groups is 1. The van der Waals surface area contributed by atoms with Gasteiger partial charge in [0.05, 0.1) is 17.5 Å². The van der Waals surface area contributed by atoms with Crippen molar-refractivity contribution < 1.29 is 18.3 Å². The fourth-order valence-corrected chi connectivity index (χ4v) is 2.35. The fraction of sp³-hybridized carbons (Fsp3) is 0.0526. The number of benzene rings is 2. The Kier molecular flexibility index (Phi) is 5.38. The highest BCUT2D eigenvalue weighted by molar-refractivity contribution is 5.98. The largest absolute Gasteiger partial charge is 0.435 e. The van der Waals surface area contributed by atoms with E-state index in [1.807, 2.05) is 41.2 Å². The summed E-state index contributed by atoms with van der Waals surface area (Å²) in [6.07, 6.45) is 5.11. The van der Waals surface area contributed by atoms with Crippen molar-refractivity contribution in [3.63, 3.8) is 0 Å². The SMILES string of the molecule is O=C(N/N=C\c1ccc(OC(F)F)cc1)c1ccccc1-n1cccc1. The summed E-state index contributed by atoms with van der Waals surface area (Å²) >= 11 is 0. The minimum absolute atomic E-state index is 0.0573. The maximum atomic E-state index is 12.4. The molecule has 3 rings (SSSR count). The number of hydrogen-bond donors (Lipinski definition) is 1. The van der Waals surface area contributed by atoms with Gasteiger partial charge in [-0.05, 0) is 54.1 Å². The van der Waals surface area contributed by atoms with Crippen LogP contribution in [0.2, 0.25) is 0 Å². The maximum Gasteiger partial charge on any atom is 0.387 e. The van der Waals surface area contributed by atoms with Crippen LogP contribution in [0, 0.1) is 0 Å². The summed E-state index contributed by atoms with van der Waals surface area (Å²) in [5.41, 5.74) is 4.30. The van der Waals surface area contributed by atoms with Gasteiger partial charge in [0.2, 0.25) is 0 Å². The highest BCUT2D eigenvalue weighted by Gasteiger charge is 2.11. The molecule has 1 aromatic heterocycles. The summed E-state index contributed by atoms with van der Waals surface area (Å²) in [5, 5.41) is 3.91. The van der Waals surface area contributed by atoms with Gasteiger partial charge in [0, 0.05) is 12.4 Å². The van der Waals surface area contributed by atoms with Crippen molar-refractivity contribution in [1.29, 1.82) is 0 Å². The Hall–Kier alpha value is -3.48. The molecule has 132 valence electrons. The number of hydrogen-bond acceptors (Lipinski definition) is 3. The van der Waals surface area contributed by atoms with Crippen molar-refractivity contribution in [3.8, 4) is 11.4 Å². The first-order valence-electron chi connectivity index (χ1n) is 7.74. The lowest BCUT2D eigenvalue weighted by molar-refractivity contribution is -0.0498. The van der Waals surface area contributed by atoms with E-state index in [-0.39, 0.29) is 11.7 Å². The Morgan fingerprint density at radius 3 is 2.42 bits per heavy atom. The van der Waals surface area contributed by atoms with Crippen LogP contribution in [0.5, 0.6) is 5.75 Å². The van der Waals surface area contributed by atoms with Crippen LogP contribution < -0.4 is 10.2 Å². The van der Waals surface area contributed by atoms with E-state index >= 15 is 0 Å². The second-order valence-electron chi connectivity index (χ2n) is 5.25. The number of ether oxygens (including phenoxy) is 1. The number of para-hydroxylation sites is 1. The molecule has 0 saturated carbocycles. The van der Waals surface area contributed by atoms with Gasteiger partial charge in [-0.1, -0.05) is 12.1 Å². The predicted molar refractivity (Wildman–Crippen MR) is 93.9 cm³/mol. The van der Waals surface area contributed by atoms with E-state index in [1.54, 1.807) is 24.3 Å². The van der Waals surface area contributed by atoms with Gasteiger partial charge in [-0.3, -0.25) is 4.79 Å². The van der Waals surface area contributed by atoms with Gasteiger partial charge in [-0.25, -0.2) is 5.43 Å². The minimum Gasteiger partial charge on any atom is -0.435 e. The van der Waals surface area contributed by atoms with E-state index in [2.05, 4.69) is 15.3 Å². The number of rotatable bonds is 6. The normalized spacial score (nSPS) is 11.0. The molecule has 3 aromatic rings. The average molecular weight is 355 g/mol. The molecular weight excluding hydrogens is 340 g/mol. The van der Waals surface area contributed by atoms with E-state index in [1.165, 1.54) is 18.3 Å². The first kappa shape index (κ1) is 17.3. The topological polar surface area (TPSA) is 55.6 Å². The molecule has 0 bridgehead atoms. The number of alkyl halides is 2. The number of carbonyl (C=O) groups is 1. The van der Waals surface area contributed by atoms with Gasteiger partial charge in [0.25, 0.3) is 5.91 Å². The average Bonchev–Trinajstić information content (AvgIpc) is 3.17. The molecule has 1 heterocycles. The van der Waals surface area contributed by atoms with E-state index in [0.717, 1.165) is 5.69 Å². The second kappa shape index (κ2) is 8.06. The van der Waals surface area contributed by atoms with E-state index in [0.29, 0.717) is 11.1 Å². The summed E-state index contributed by atoms with van der Waals surface area (Å²) in [5.74, 6) is -0.301. The summed E-state index contributed by atoms with van der Waals surface area (Å²) < 4.78 is 30.3. The molecule has 0 aliphatic heterocycles. The van der Waals surface area contributed by atoms with E-state index in [4.69, 9.17) is 0 Å². The van der Waals surface area contributed by atoms with Crippen molar-refractivity contribution in [2.24, 2.45) is 5.10 Å². The number of nitrogens with zero attached hydrogens (tertiary/aromatic N) is 2. The predicted octanol–water partition coefficient (Wildman–Crippen LogP) is 3.84. The smallest absolute Gasteiger partial charge is 0.387 e. The van der Waals surface area contributed by atoms with Crippen LogP contribution in [0.3, 0.4) is 0 Å². The standard InChI is InChI=1S/C19H15F2N3O2/c20-19(21)26-15-9-7-14(8-10-15)13-22-23-18(25)16-5-1-2-6-17(16)24-11-3-4-12-24/h1-13,19H,(H,23,25)/b22-13-. The van der Waals surface area contributed by atoms with Gasteiger partial charge < -0.3 is 9.30 Å². The van der Waals surface area contributed by atoms with Crippen LogP contribution in [-0.2, 0) is 0 Å². The van der Waals surface area contributed by atoms with E-state index in [9.17, 15) is 13.6 Å².